The fraction of sp³-hybridized carbons (Fsp3) is 0.556. The molecule has 3 N–H and O–H groups in total. The maximum absolute atomic E-state index is 12.5. The number of nitrogens with one attached hydrogen (secondary N) is 1. The Morgan fingerprint density at radius 1 is 1.41 bits per heavy atom. The Labute approximate surface area is 101 Å². The summed E-state index contributed by atoms with van der Waals surface area (Å²) in [5.41, 5.74) is 2.10. The number of alkyl halides is 3. The van der Waals surface area contributed by atoms with E-state index in [9.17, 15) is 13.2 Å². The molecule has 0 aliphatic rings. The number of halogens is 3. The highest BCUT2D eigenvalue weighted by Crippen LogP contribution is 2.29. The van der Waals surface area contributed by atoms with Gasteiger partial charge in [0.05, 0.1) is 0 Å². The molecule has 0 aliphatic carbocycles. The van der Waals surface area contributed by atoms with Gasteiger partial charge in [0.15, 0.2) is 0 Å². The summed E-state index contributed by atoms with van der Waals surface area (Å²) in [7, 11) is 0. The largest absolute Gasteiger partial charge is 0.451 e. The molecule has 0 aromatic carbocycles. The standard InChI is InChI=1S/C9H13F3N4S/c1-5(2)4-17-7-3-6(16-13)14-8(15-7)9(10,11)12/h3,5H,4,13H2,1-2H3,(H,14,15,16). The fourth-order valence-electron chi connectivity index (χ4n) is 0.952. The molecule has 17 heavy (non-hydrogen) atoms. The van der Waals surface area contributed by atoms with Gasteiger partial charge in [0.2, 0.25) is 5.82 Å². The molecule has 0 aliphatic heterocycles. The van der Waals surface area contributed by atoms with Crippen LogP contribution in [0.4, 0.5) is 19.0 Å². The molecular weight excluding hydrogens is 253 g/mol. The van der Waals surface area contributed by atoms with E-state index in [0.717, 1.165) is 0 Å². The number of hydrogen-bond acceptors (Lipinski definition) is 5. The molecule has 4 nitrogen and oxygen atoms in total. The number of nitrogens with two attached hydrogens (primary N) is 1. The molecule has 1 rings (SSSR count). The van der Waals surface area contributed by atoms with Crippen molar-refractivity contribution in [2.75, 3.05) is 11.2 Å². The van der Waals surface area contributed by atoms with Crippen LogP contribution in [-0.2, 0) is 6.18 Å². The lowest BCUT2D eigenvalue weighted by molar-refractivity contribution is -0.145. The van der Waals surface area contributed by atoms with E-state index in [1.165, 1.54) is 17.8 Å². The van der Waals surface area contributed by atoms with Crippen LogP contribution in [0.5, 0.6) is 0 Å². The molecule has 1 aromatic heterocycles. The number of nitrogens with zero attached hydrogens (tertiary/aromatic N) is 2. The lowest BCUT2D eigenvalue weighted by Gasteiger charge is -2.10. The molecule has 0 fully saturated rings. The minimum atomic E-state index is -4.57. The maximum atomic E-state index is 12.5. The monoisotopic (exact) mass is 266 g/mol. The maximum Gasteiger partial charge on any atom is 0.451 e. The van der Waals surface area contributed by atoms with Crippen molar-refractivity contribution in [3.8, 4) is 0 Å². The first kappa shape index (κ1) is 14.0. The third-order valence-electron chi connectivity index (χ3n) is 1.67. The van der Waals surface area contributed by atoms with Gasteiger partial charge in [-0.3, -0.25) is 0 Å². The third-order valence-corrected chi connectivity index (χ3v) is 3.01. The number of thioether (sulfide) groups is 1. The van der Waals surface area contributed by atoms with E-state index in [-0.39, 0.29) is 10.8 Å². The zero-order valence-electron chi connectivity index (χ0n) is 9.38. The SMILES string of the molecule is CC(C)CSc1cc(NN)nc(C(F)(F)F)n1. The van der Waals surface area contributed by atoms with Crippen molar-refractivity contribution < 1.29 is 13.2 Å². The number of rotatable bonds is 4. The topological polar surface area (TPSA) is 63.8 Å². The predicted molar refractivity (Wildman–Crippen MR) is 60.4 cm³/mol. The van der Waals surface area contributed by atoms with Crippen LogP contribution in [0.15, 0.2) is 11.1 Å². The zero-order chi connectivity index (χ0) is 13.1. The summed E-state index contributed by atoms with van der Waals surface area (Å²) in [5, 5.41) is 0.258. The number of anilines is 1. The smallest absolute Gasteiger partial charge is 0.308 e. The molecule has 96 valence electrons. The highest BCUT2D eigenvalue weighted by molar-refractivity contribution is 7.99. The van der Waals surface area contributed by atoms with Gasteiger partial charge in [0.1, 0.15) is 10.8 Å². The second-order valence-electron chi connectivity index (χ2n) is 3.76. The highest BCUT2D eigenvalue weighted by atomic mass is 32.2. The van der Waals surface area contributed by atoms with Gasteiger partial charge in [-0.1, -0.05) is 13.8 Å². The van der Waals surface area contributed by atoms with Crippen LogP contribution in [0.1, 0.15) is 19.7 Å². The van der Waals surface area contributed by atoms with Crippen molar-refractivity contribution in [3.05, 3.63) is 11.9 Å². The molecule has 0 saturated carbocycles. The average Bonchev–Trinajstić information content (AvgIpc) is 2.24. The molecule has 0 atom stereocenters. The van der Waals surface area contributed by atoms with Crippen LogP contribution < -0.4 is 11.3 Å². The molecule has 1 aromatic rings. The lowest BCUT2D eigenvalue weighted by atomic mass is 10.3. The molecule has 8 heteroatoms. The Morgan fingerprint density at radius 2 is 2.06 bits per heavy atom. The number of aromatic nitrogens is 2. The normalized spacial score (nSPS) is 11.9. The van der Waals surface area contributed by atoms with Gasteiger partial charge < -0.3 is 5.43 Å². The summed E-state index contributed by atoms with van der Waals surface area (Å²) in [6, 6.07) is 1.39. The van der Waals surface area contributed by atoms with Crippen molar-refractivity contribution in [2.24, 2.45) is 11.8 Å². The van der Waals surface area contributed by atoms with E-state index in [1.54, 1.807) is 0 Å². The predicted octanol–water partition coefficient (Wildman–Crippen LogP) is 2.53. The summed E-state index contributed by atoms with van der Waals surface area (Å²) < 4.78 is 37.4. The van der Waals surface area contributed by atoms with Crippen LogP contribution in [0.2, 0.25) is 0 Å². The van der Waals surface area contributed by atoms with E-state index in [0.29, 0.717) is 11.7 Å². The Kier molecular flexibility index (Phi) is 4.58. The van der Waals surface area contributed by atoms with Crippen molar-refractivity contribution in [1.82, 2.24) is 9.97 Å². The summed E-state index contributed by atoms with van der Waals surface area (Å²) >= 11 is 1.24. The van der Waals surface area contributed by atoms with Gasteiger partial charge in [0.25, 0.3) is 0 Å². The van der Waals surface area contributed by atoms with Crippen molar-refractivity contribution in [1.29, 1.82) is 0 Å². The Bertz CT molecular complexity index is 381. The van der Waals surface area contributed by atoms with Crippen LogP contribution >= 0.6 is 11.8 Å². The summed E-state index contributed by atoms with van der Waals surface area (Å²) in [6.07, 6.45) is -4.57. The van der Waals surface area contributed by atoms with E-state index < -0.39 is 12.0 Å². The van der Waals surface area contributed by atoms with Gasteiger partial charge >= 0.3 is 6.18 Å². The minimum Gasteiger partial charge on any atom is -0.308 e. The first-order valence-corrected chi connectivity index (χ1v) is 5.87. The molecular formula is C9H13F3N4S. The van der Waals surface area contributed by atoms with Crippen LogP contribution in [-0.4, -0.2) is 15.7 Å². The van der Waals surface area contributed by atoms with E-state index in [4.69, 9.17) is 5.84 Å². The van der Waals surface area contributed by atoms with Crippen molar-refractivity contribution >= 4 is 17.6 Å². The van der Waals surface area contributed by atoms with Gasteiger partial charge in [0, 0.05) is 11.8 Å². The van der Waals surface area contributed by atoms with Gasteiger partial charge in [-0.15, -0.1) is 11.8 Å². The fourth-order valence-corrected chi connectivity index (χ4v) is 1.80. The van der Waals surface area contributed by atoms with E-state index in [1.807, 2.05) is 13.8 Å². The first-order chi connectivity index (χ1) is 7.82. The van der Waals surface area contributed by atoms with E-state index >= 15 is 0 Å². The van der Waals surface area contributed by atoms with Crippen LogP contribution in [0.25, 0.3) is 0 Å². The molecule has 1 heterocycles. The highest BCUT2D eigenvalue weighted by Gasteiger charge is 2.35. The summed E-state index contributed by atoms with van der Waals surface area (Å²) in [4.78, 5) is 6.72. The quantitative estimate of drug-likeness (QED) is 0.379. The van der Waals surface area contributed by atoms with Crippen LogP contribution in [0.3, 0.4) is 0 Å². The van der Waals surface area contributed by atoms with Crippen LogP contribution in [0, 0.1) is 5.92 Å². The zero-order valence-corrected chi connectivity index (χ0v) is 10.2. The summed E-state index contributed by atoms with van der Waals surface area (Å²) in [5.74, 6) is 4.88. The van der Waals surface area contributed by atoms with Gasteiger partial charge in [-0.2, -0.15) is 13.2 Å². The first-order valence-electron chi connectivity index (χ1n) is 4.88. The third kappa shape index (κ3) is 4.39. The molecule has 0 radical (unpaired) electrons. The molecule has 0 amide bonds. The Hall–Kier alpha value is -1.02. The summed E-state index contributed by atoms with van der Waals surface area (Å²) in [6.45, 7) is 3.95. The van der Waals surface area contributed by atoms with Gasteiger partial charge in [-0.25, -0.2) is 15.8 Å². The van der Waals surface area contributed by atoms with Crippen molar-refractivity contribution in [2.45, 2.75) is 25.0 Å². The Balaban J connectivity index is 2.97. The average molecular weight is 266 g/mol. The number of nitrogen functional groups attached to an aromatic ring is 1. The molecule has 0 saturated heterocycles. The number of hydrazine groups is 1. The molecule has 0 spiro atoms. The van der Waals surface area contributed by atoms with Crippen molar-refractivity contribution in [3.63, 3.8) is 0 Å². The second-order valence-corrected chi connectivity index (χ2v) is 4.80. The van der Waals surface area contributed by atoms with E-state index in [2.05, 4.69) is 15.4 Å². The Morgan fingerprint density at radius 3 is 2.53 bits per heavy atom. The molecule has 0 bridgehead atoms. The lowest BCUT2D eigenvalue weighted by Crippen LogP contribution is -2.16. The minimum absolute atomic E-state index is 0.0430. The van der Waals surface area contributed by atoms with Gasteiger partial charge in [-0.05, 0) is 5.92 Å². The second kappa shape index (κ2) is 5.54. The number of hydrogen-bond donors (Lipinski definition) is 2. The molecule has 0 unspecified atom stereocenters.